The van der Waals surface area contributed by atoms with Crippen LogP contribution in [-0.2, 0) is 11.1 Å². The summed E-state index contributed by atoms with van der Waals surface area (Å²) in [5, 5.41) is 0. The van der Waals surface area contributed by atoms with Crippen LogP contribution in [0.15, 0.2) is 15.9 Å². The van der Waals surface area contributed by atoms with Gasteiger partial charge >= 0.3 is 0 Å². The van der Waals surface area contributed by atoms with Crippen molar-refractivity contribution in [3.8, 4) is 0 Å². The van der Waals surface area contributed by atoms with Gasteiger partial charge in [-0.1, -0.05) is 11.1 Å². The van der Waals surface area contributed by atoms with Crippen molar-refractivity contribution < 1.29 is 0 Å². The topological polar surface area (TPSA) is 24.7 Å². The molecule has 3 heteroatoms. The summed E-state index contributed by atoms with van der Waals surface area (Å²) < 4.78 is 3.54. The highest BCUT2D eigenvalue weighted by Gasteiger charge is 1.21. The van der Waals surface area contributed by atoms with Crippen LogP contribution in [0.1, 0.15) is 0 Å². The quantitative estimate of drug-likeness (QED) is 0.342. The third-order valence-corrected chi connectivity index (χ3v) is 0.545. The summed E-state index contributed by atoms with van der Waals surface area (Å²) in [6.45, 7) is 3.19. The maximum atomic E-state index is 3.54. The Morgan fingerprint density at radius 1 is 1.50 bits per heavy atom. The van der Waals surface area contributed by atoms with Gasteiger partial charge < -0.3 is 0 Å². The predicted molar refractivity (Wildman–Crippen MR) is 41.8 cm³/mol. The molecule has 8 heavy (non-hydrogen) atoms. The average molecular weight is 130 g/mol. The van der Waals surface area contributed by atoms with E-state index in [-0.39, 0.29) is 0 Å². The largest absolute Gasteiger partial charge is 0.247 e. The zero-order chi connectivity index (χ0) is 6.83. The van der Waals surface area contributed by atoms with E-state index < -0.39 is 0 Å². The molecule has 0 aromatic carbocycles. The van der Waals surface area contributed by atoms with Crippen LogP contribution in [0, 0.1) is 0 Å². The molecule has 0 aliphatic carbocycles. The molecule has 0 heterocycles. The van der Waals surface area contributed by atoms with Gasteiger partial charge in [0.15, 0.2) is 0 Å². The van der Waals surface area contributed by atoms with E-state index in [1.165, 1.54) is 11.1 Å². The van der Waals surface area contributed by atoms with Crippen molar-refractivity contribution in [1.29, 1.82) is 0 Å². The van der Waals surface area contributed by atoms with Crippen molar-refractivity contribution >= 4 is 22.9 Å². The van der Waals surface area contributed by atoms with Crippen LogP contribution in [0.5, 0.6) is 0 Å². The van der Waals surface area contributed by atoms with Crippen LogP contribution in [0.25, 0.3) is 0 Å². The number of hydrogen-bond acceptors (Lipinski definition) is 2. The normalized spacial score (nSPS) is 4.75. The fourth-order valence-corrected chi connectivity index (χ4v) is 0. The van der Waals surface area contributed by atoms with Gasteiger partial charge in [-0.15, -0.1) is 0 Å². The fraction of sp³-hybridized carbons (Fsp3) is 0.400. The van der Waals surface area contributed by atoms with Gasteiger partial charge in [-0.2, -0.15) is 0 Å². The van der Waals surface area contributed by atoms with E-state index in [2.05, 4.69) is 27.7 Å². The van der Waals surface area contributed by atoms with E-state index in [9.17, 15) is 0 Å². The molecule has 0 amide bonds. The third-order valence-electron chi connectivity index (χ3n) is 0.287. The maximum Gasteiger partial charge on any atom is 0.0400 e. The second-order valence-corrected chi connectivity index (χ2v) is 1.32. The summed E-state index contributed by atoms with van der Waals surface area (Å²) in [6.07, 6.45) is 0. The van der Waals surface area contributed by atoms with E-state index in [4.69, 9.17) is 0 Å². The van der Waals surface area contributed by atoms with Gasteiger partial charge in [0.2, 0.25) is 0 Å². The van der Waals surface area contributed by atoms with Gasteiger partial charge in [0.05, 0.1) is 0 Å². The van der Waals surface area contributed by atoms with Gasteiger partial charge in [0.25, 0.3) is 0 Å². The Morgan fingerprint density at radius 3 is 1.75 bits per heavy atom. The minimum atomic E-state index is 1.23. The summed E-state index contributed by atoms with van der Waals surface area (Å²) in [7, 11) is 3.34. The van der Waals surface area contributed by atoms with E-state index >= 15 is 0 Å². The Morgan fingerprint density at radius 2 is 1.75 bits per heavy atom. The van der Waals surface area contributed by atoms with E-state index in [1.54, 1.807) is 14.1 Å². The van der Waals surface area contributed by atoms with Crippen molar-refractivity contribution in [2.45, 2.75) is 0 Å². The Hall–Kier alpha value is -0.660. The van der Waals surface area contributed by atoms with E-state index in [0.29, 0.717) is 0 Å². The molecule has 0 aliphatic heterocycles. The first-order valence-electron chi connectivity index (χ1n) is 1.94. The zero-order valence-corrected chi connectivity index (χ0v) is 6.03. The molecule has 0 aromatic heterocycles. The van der Waals surface area contributed by atoms with Crippen molar-refractivity contribution in [1.82, 2.24) is 0 Å². The minimum Gasteiger partial charge on any atom is -0.247 e. The van der Waals surface area contributed by atoms with Crippen molar-refractivity contribution in [3.05, 3.63) is 6.58 Å². The number of hydrogen-bond donors (Lipinski definition) is 0. The monoisotopic (exact) mass is 130 g/mol. The van der Waals surface area contributed by atoms with Gasteiger partial charge in [-0.3, -0.25) is 0 Å². The molecule has 2 nitrogen and oxygen atoms in total. The fourth-order valence-electron chi connectivity index (χ4n) is 0. The molecule has 0 saturated heterocycles. The first kappa shape index (κ1) is 10.3. The molecule has 46 valence electrons. The Kier molecular flexibility index (Phi) is 21.0. The van der Waals surface area contributed by atoms with E-state index in [1.807, 2.05) is 0 Å². The van der Waals surface area contributed by atoms with Crippen LogP contribution in [0.3, 0.4) is 0 Å². The van der Waals surface area contributed by atoms with Crippen LogP contribution >= 0.6 is 0 Å². The lowest BCUT2D eigenvalue weighted by molar-refractivity contribution is 1.49. The SMILES string of the molecule is C=C=NC.C=S=NC. The molecule has 0 N–H and O–H groups in total. The molecular weight excluding hydrogens is 120 g/mol. The lowest BCUT2D eigenvalue weighted by Crippen LogP contribution is -1.35. The summed E-state index contributed by atoms with van der Waals surface area (Å²) in [5.74, 6) is 5.66. The van der Waals surface area contributed by atoms with Crippen LogP contribution in [-0.4, -0.2) is 25.8 Å². The standard InChI is InChI=1S/C3H5N.C2H5NS/c2*1-3-4-2/h1H2,2H3;2H2,1H3. The molecule has 0 saturated carbocycles. The summed E-state index contributed by atoms with van der Waals surface area (Å²) in [5.41, 5.74) is 0. The Balaban J connectivity index is 0. The summed E-state index contributed by atoms with van der Waals surface area (Å²) in [6, 6.07) is 0. The Bertz CT molecular complexity index is 102. The molecule has 0 aliphatic rings. The molecule has 0 bridgehead atoms. The van der Waals surface area contributed by atoms with Crippen molar-refractivity contribution in [3.63, 3.8) is 0 Å². The van der Waals surface area contributed by atoms with Crippen LogP contribution < -0.4 is 0 Å². The average Bonchev–Trinajstić information content (AvgIpc) is 1.88. The Labute approximate surface area is 53.7 Å². The minimum absolute atomic E-state index is 1.23. The first-order valence-corrected chi connectivity index (χ1v) is 2.89. The molecule has 0 unspecified atom stereocenters. The third kappa shape index (κ3) is 56.0. The molecular formula is C5H10N2S. The van der Waals surface area contributed by atoms with Gasteiger partial charge in [-0.05, 0) is 18.3 Å². The predicted octanol–water partition coefficient (Wildman–Crippen LogP) is 0.786. The lowest BCUT2D eigenvalue weighted by Gasteiger charge is -1.42. The molecule has 0 radical (unpaired) electrons. The molecule has 0 atom stereocenters. The molecule has 0 fully saturated rings. The second kappa shape index (κ2) is 16.2. The molecule has 0 spiro atoms. The molecule has 0 rings (SSSR count). The van der Waals surface area contributed by atoms with Gasteiger partial charge in [0.1, 0.15) is 0 Å². The van der Waals surface area contributed by atoms with Crippen LogP contribution in [0.4, 0.5) is 0 Å². The lowest BCUT2D eigenvalue weighted by atomic mass is 11.1. The first-order chi connectivity index (χ1) is 3.83. The summed E-state index contributed by atoms with van der Waals surface area (Å²) >= 11 is 1.23. The van der Waals surface area contributed by atoms with Gasteiger partial charge in [-0.25, -0.2) is 9.36 Å². The number of aliphatic imine (C=N–C) groups is 1. The van der Waals surface area contributed by atoms with Crippen molar-refractivity contribution in [2.75, 3.05) is 14.1 Å². The highest BCUT2D eigenvalue weighted by Crippen LogP contribution is 1.33. The second-order valence-electron chi connectivity index (χ2n) is 0.693. The summed E-state index contributed by atoms with van der Waals surface area (Å²) in [4.78, 5) is 3.38. The maximum absolute atomic E-state index is 3.54. The zero-order valence-electron chi connectivity index (χ0n) is 5.22. The van der Waals surface area contributed by atoms with Gasteiger partial charge in [0, 0.05) is 14.1 Å². The number of nitrogens with zero attached hydrogens (tertiary/aromatic N) is 2. The van der Waals surface area contributed by atoms with Crippen molar-refractivity contribution in [2.24, 2.45) is 9.36 Å². The highest BCUT2D eigenvalue weighted by molar-refractivity contribution is 7.65. The number of rotatable bonds is 0. The van der Waals surface area contributed by atoms with Crippen LogP contribution in [0.2, 0.25) is 0 Å². The molecule has 0 aromatic rings. The van der Waals surface area contributed by atoms with E-state index in [0.717, 1.165) is 0 Å². The highest BCUT2D eigenvalue weighted by atomic mass is 32.1. The smallest absolute Gasteiger partial charge is 0.0400 e.